The maximum absolute atomic E-state index is 2.58. The number of allylic oxidation sites excluding steroid dienone is 1. The number of nitrogens with zero attached hydrogens (tertiary/aromatic N) is 1. The fourth-order valence-electron chi connectivity index (χ4n) is 1.80. The molecule has 0 unspecified atom stereocenters. The zero-order valence-electron chi connectivity index (χ0n) is 8.72. The molecule has 0 atom stereocenters. The van der Waals surface area contributed by atoms with Gasteiger partial charge in [-0.15, -0.1) is 0 Å². The summed E-state index contributed by atoms with van der Waals surface area (Å²) >= 11 is 2.47. The molecule has 0 fully saturated rings. The first-order valence-electron chi connectivity index (χ1n) is 5.22. The van der Waals surface area contributed by atoms with Crippen LogP contribution < -0.4 is 0 Å². The van der Waals surface area contributed by atoms with Crippen LogP contribution in [0.3, 0.4) is 0 Å². The summed E-state index contributed by atoms with van der Waals surface area (Å²) in [5.41, 5.74) is 1.66. The van der Waals surface area contributed by atoms with E-state index in [-0.39, 0.29) is 0 Å². The zero-order chi connectivity index (χ0) is 9.68. The van der Waals surface area contributed by atoms with E-state index in [4.69, 9.17) is 0 Å². The van der Waals surface area contributed by atoms with Crippen LogP contribution in [-0.2, 0) is 0 Å². The lowest BCUT2D eigenvalue weighted by atomic mass is 10.1. The number of hydrogen-bond acceptors (Lipinski definition) is 1. The maximum Gasteiger partial charge on any atom is 0.0205 e. The molecule has 13 heavy (non-hydrogen) atoms. The second-order valence-electron chi connectivity index (χ2n) is 4.02. The molecule has 0 aliphatic carbocycles. The number of hydrogen-bond donors (Lipinski definition) is 0. The Hall–Kier alpha value is 0.430. The molecule has 76 valence electrons. The van der Waals surface area contributed by atoms with Crippen molar-refractivity contribution in [3.63, 3.8) is 0 Å². The topological polar surface area (TPSA) is 3.24 Å². The van der Waals surface area contributed by atoms with Crippen LogP contribution >= 0.6 is 22.6 Å². The van der Waals surface area contributed by atoms with Gasteiger partial charge in [0.15, 0.2) is 0 Å². The van der Waals surface area contributed by atoms with Gasteiger partial charge in [-0.05, 0) is 39.7 Å². The van der Waals surface area contributed by atoms with E-state index in [2.05, 4.69) is 47.4 Å². The van der Waals surface area contributed by atoms with E-state index in [1.165, 1.54) is 36.8 Å². The summed E-state index contributed by atoms with van der Waals surface area (Å²) < 4.78 is 1.22. The van der Waals surface area contributed by atoms with E-state index in [0.29, 0.717) is 0 Å². The number of rotatable bonds is 2. The van der Waals surface area contributed by atoms with Crippen molar-refractivity contribution < 1.29 is 0 Å². The van der Waals surface area contributed by atoms with Crippen molar-refractivity contribution in [2.45, 2.75) is 39.2 Å². The lowest BCUT2D eigenvalue weighted by Crippen LogP contribution is -2.33. The first-order valence-corrected chi connectivity index (χ1v) is 6.74. The molecule has 1 rings (SSSR count). The molecule has 2 heteroatoms. The first-order chi connectivity index (χ1) is 6.24. The van der Waals surface area contributed by atoms with E-state index in [0.717, 1.165) is 6.04 Å². The first kappa shape index (κ1) is 11.5. The summed E-state index contributed by atoms with van der Waals surface area (Å²) in [7, 11) is 0. The Morgan fingerprint density at radius 2 is 2.23 bits per heavy atom. The SMILES string of the molecule is CC(C)N1CC/C=C(/CI)CCC1. The van der Waals surface area contributed by atoms with Gasteiger partial charge < -0.3 is 4.90 Å². The Bertz CT molecular complexity index is 175. The fraction of sp³-hybridized carbons (Fsp3) is 0.818. The zero-order valence-corrected chi connectivity index (χ0v) is 10.9. The standard InChI is InChI=1S/C11H20IN/c1-10(2)13-7-3-5-11(9-12)6-4-8-13/h5,10H,3-4,6-9H2,1-2H3/b11-5+. The Kier molecular flexibility index (Phi) is 5.32. The minimum atomic E-state index is 0.717. The minimum absolute atomic E-state index is 0.717. The molecule has 0 spiro atoms. The molecule has 0 aromatic carbocycles. The second kappa shape index (κ2) is 6.02. The number of alkyl halides is 1. The van der Waals surface area contributed by atoms with Gasteiger partial charge in [-0.3, -0.25) is 0 Å². The summed E-state index contributed by atoms with van der Waals surface area (Å²) in [4.78, 5) is 2.58. The van der Waals surface area contributed by atoms with Crippen molar-refractivity contribution in [2.75, 3.05) is 17.5 Å². The van der Waals surface area contributed by atoms with Gasteiger partial charge in [0.25, 0.3) is 0 Å². The average molecular weight is 293 g/mol. The van der Waals surface area contributed by atoms with Crippen LogP contribution in [0.15, 0.2) is 11.6 Å². The van der Waals surface area contributed by atoms with E-state index >= 15 is 0 Å². The lowest BCUT2D eigenvalue weighted by Gasteiger charge is -2.27. The Labute approximate surface area is 95.7 Å². The van der Waals surface area contributed by atoms with Crippen molar-refractivity contribution in [2.24, 2.45) is 0 Å². The van der Waals surface area contributed by atoms with Crippen molar-refractivity contribution >= 4 is 22.6 Å². The average Bonchev–Trinajstić information content (AvgIpc) is 2.03. The van der Waals surface area contributed by atoms with E-state index < -0.39 is 0 Å². The quantitative estimate of drug-likeness (QED) is 0.429. The van der Waals surface area contributed by atoms with Gasteiger partial charge in [0.05, 0.1) is 0 Å². The third-order valence-electron chi connectivity index (χ3n) is 2.69. The predicted octanol–water partition coefficient (Wildman–Crippen LogP) is 3.24. The van der Waals surface area contributed by atoms with Crippen molar-refractivity contribution in [1.29, 1.82) is 0 Å². The summed E-state index contributed by atoms with van der Waals surface area (Å²) in [6.07, 6.45) is 6.34. The molecule has 0 saturated heterocycles. The van der Waals surface area contributed by atoms with E-state index in [1.807, 2.05) is 0 Å². The van der Waals surface area contributed by atoms with Crippen LogP contribution in [0.25, 0.3) is 0 Å². The molecule has 0 amide bonds. The Morgan fingerprint density at radius 3 is 2.85 bits per heavy atom. The minimum Gasteiger partial charge on any atom is -0.301 e. The third-order valence-corrected chi connectivity index (χ3v) is 3.67. The van der Waals surface area contributed by atoms with Crippen LogP contribution in [0.5, 0.6) is 0 Å². The van der Waals surface area contributed by atoms with Crippen LogP contribution in [0.2, 0.25) is 0 Å². The van der Waals surface area contributed by atoms with Crippen LogP contribution in [-0.4, -0.2) is 28.5 Å². The summed E-state index contributed by atoms with van der Waals surface area (Å²) in [5.74, 6) is 0. The van der Waals surface area contributed by atoms with Crippen molar-refractivity contribution in [3.05, 3.63) is 11.6 Å². The number of halogens is 1. The molecule has 0 bridgehead atoms. The highest BCUT2D eigenvalue weighted by Gasteiger charge is 2.10. The molecule has 1 heterocycles. The van der Waals surface area contributed by atoms with Crippen LogP contribution in [0, 0.1) is 0 Å². The maximum atomic E-state index is 2.58. The van der Waals surface area contributed by atoms with Crippen LogP contribution in [0.1, 0.15) is 33.1 Å². The summed E-state index contributed by atoms with van der Waals surface area (Å²) in [6, 6.07) is 0.717. The lowest BCUT2D eigenvalue weighted by molar-refractivity contribution is 0.220. The van der Waals surface area contributed by atoms with E-state index in [1.54, 1.807) is 5.57 Å². The molecular formula is C11H20IN. The Balaban J connectivity index is 2.44. The summed E-state index contributed by atoms with van der Waals surface area (Å²) in [6.45, 7) is 7.12. The molecule has 1 aliphatic heterocycles. The predicted molar refractivity (Wildman–Crippen MR) is 67.5 cm³/mol. The van der Waals surface area contributed by atoms with Gasteiger partial charge >= 0.3 is 0 Å². The second-order valence-corrected chi connectivity index (χ2v) is 4.78. The molecule has 0 aromatic rings. The summed E-state index contributed by atoms with van der Waals surface area (Å²) in [5, 5.41) is 0. The highest BCUT2D eigenvalue weighted by atomic mass is 127. The molecule has 1 aliphatic rings. The van der Waals surface area contributed by atoms with Crippen molar-refractivity contribution in [1.82, 2.24) is 4.90 Å². The van der Waals surface area contributed by atoms with Gasteiger partial charge in [0.1, 0.15) is 0 Å². The molecule has 0 N–H and O–H groups in total. The fourth-order valence-corrected chi connectivity index (χ4v) is 2.49. The smallest absolute Gasteiger partial charge is 0.0205 e. The normalized spacial score (nSPS) is 25.1. The third kappa shape index (κ3) is 3.98. The highest BCUT2D eigenvalue weighted by molar-refractivity contribution is 14.1. The van der Waals surface area contributed by atoms with Gasteiger partial charge in [-0.2, -0.15) is 0 Å². The molecule has 1 nitrogen and oxygen atoms in total. The van der Waals surface area contributed by atoms with Crippen LogP contribution in [0.4, 0.5) is 0 Å². The van der Waals surface area contributed by atoms with E-state index in [9.17, 15) is 0 Å². The van der Waals surface area contributed by atoms with Gasteiger partial charge in [0.2, 0.25) is 0 Å². The molecule has 0 saturated carbocycles. The van der Waals surface area contributed by atoms with Gasteiger partial charge in [0, 0.05) is 17.0 Å². The highest BCUT2D eigenvalue weighted by Crippen LogP contribution is 2.15. The monoisotopic (exact) mass is 293 g/mol. The molecule has 0 aromatic heterocycles. The largest absolute Gasteiger partial charge is 0.301 e. The van der Waals surface area contributed by atoms with Gasteiger partial charge in [-0.1, -0.05) is 34.2 Å². The Morgan fingerprint density at radius 1 is 1.46 bits per heavy atom. The van der Waals surface area contributed by atoms with Crippen molar-refractivity contribution in [3.8, 4) is 0 Å². The van der Waals surface area contributed by atoms with Gasteiger partial charge in [-0.25, -0.2) is 0 Å². The molecular weight excluding hydrogens is 273 g/mol. The molecule has 0 radical (unpaired) electrons.